The van der Waals surface area contributed by atoms with Crippen molar-refractivity contribution in [3.63, 3.8) is 0 Å². The zero-order valence-electron chi connectivity index (χ0n) is 8.31. The van der Waals surface area contributed by atoms with Crippen molar-refractivity contribution in [2.45, 2.75) is 0 Å². The molecule has 0 fully saturated rings. The molecule has 0 saturated carbocycles. The van der Waals surface area contributed by atoms with Gasteiger partial charge in [-0.05, 0) is 12.1 Å². The van der Waals surface area contributed by atoms with Crippen molar-refractivity contribution < 1.29 is 33.3 Å². The topological polar surface area (TPSA) is 79.0 Å². The Bertz CT molecular complexity index is 515. The van der Waals surface area contributed by atoms with Crippen LogP contribution < -0.4 is 24.0 Å². The number of nitrogens with zero attached hydrogens (tertiary/aromatic N) is 2. The molecule has 0 unspecified atom stereocenters. The summed E-state index contributed by atoms with van der Waals surface area (Å²) >= 11 is 5.79. The number of aromatic carboxylic acids is 1. The van der Waals surface area contributed by atoms with Crippen LogP contribution in [-0.2, 0) is 0 Å². The first-order valence-electron chi connectivity index (χ1n) is 3.97. The van der Waals surface area contributed by atoms with Gasteiger partial charge in [0.05, 0.1) is 11.5 Å². The number of carboxylic acids is 1. The Balaban J connectivity index is 0.00000128. The van der Waals surface area contributed by atoms with E-state index >= 15 is 0 Å². The molecule has 5 nitrogen and oxygen atoms in total. The van der Waals surface area contributed by atoms with Gasteiger partial charge in [0, 0.05) is 12.3 Å². The third-order valence-electron chi connectivity index (χ3n) is 1.74. The molecule has 0 aliphatic heterocycles. The molecule has 0 aliphatic rings. The molecule has 2 aromatic heterocycles. The number of aromatic nitrogens is 2. The molecule has 76 valence electrons. The van der Waals surface area contributed by atoms with Gasteiger partial charge in [0.25, 0.3) is 0 Å². The minimum absolute atomic E-state index is 0. The summed E-state index contributed by atoms with van der Waals surface area (Å²) in [6.45, 7) is 0. The monoisotopic (exact) mass is 230 g/mol. The number of pyridine rings is 1. The zero-order chi connectivity index (χ0) is 10.8. The average Bonchev–Trinajstić information content (AvgIpc) is 2.67. The molecule has 0 saturated heterocycles. The molecule has 0 N–H and O–H groups in total. The summed E-state index contributed by atoms with van der Waals surface area (Å²) in [6.07, 6.45) is 1.52. The minimum atomic E-state index is -1.40. The molecule has 7 heteroatoms. The van der Waals surface area contributed by atoms with Gasteiger partial charge >= 0.3 is 18.9 Å². The number of carbonyl (C=O) groups excluding carboxylic acids is 1. The van der Waals surface area contributed by atoms with Crippen LogP contribution in [0.4, 0.5) is 0 Å². The second-order valence-corrected chi connectivity index (χ2v) is 3.06. The first-order chi connectivity index (χ1) is 7.18. The van der Waals surface area contributed by atoms with E-state index in [-0.39, 0.29) is 35.5 Å². The van der Waals surface area contributed by atoms with Crippen LogP contribution in [0, 0.1) is 0 Å². The number of carbonyl (C=O) groups is 1. The fourth-order valence-corrected chi connectivity index (χ4v) is 1.28. The number of hydrogen-bond acceptors (Lipinski definition) is 5. The molecule has 0 aliphatic carbocycles. The molecule has 2 rings (SSSR count). The van der Waals surface area contributed by atoms with Gasteiger partial charge in [-0.3, -0.25) is 0 Å². The van der Waals surface area contributed by atoms with Gasteiger partial charge in [0.1, 0.15) is 10.8 Å². The summed E-state index contributed by atoms with van der Waals surface area (Å²) < 4.78 is 4.80. The van der Waals surface area contributed by atoms with Crippen LogP contribution in [0.5, 0.6) is 0 Å². The Morgan fingerprint density at radius 1 is 1.50 bits per heavy atom. The summed E-state index contributed by atoms with van der Waals surface area (Å²) in [5.41, 5.74) is 0.212. The predicted octanol–water partition coefficient (Wildman–Crippen LogP) is -2.24. The fraction of sp³-hybridized carbons (Fsp3) is 0. The van der Waals surface area contributed by atoms with Crippen molar-refractivity contribution in [2.24, 2.45) is 0 Å². The predicted molar refractivity (Wildman–Crippen MR) is 49.1 cm³/mol. The van der Waals surface area contributed by atoms with E-state index in [1.54, 1.807) is 12.1 Å². The maximum absolute atomic E-state index is 10.4. The van der Waals surface area contributed by atoms with Gasteiger partial charge < -0.3 is 14.4 Å². The zero-order valence-corrected chi connectivity index (χ0v) is 9.06. The van der Waals surface area contributed by atoms with Crippen LogP contribution in [0.2, 0.25) is 5.15 Å². The molecular weight excluding hydrogens is 227 g/mol. The fourth-order valence-electron chi connectivity index (χ4n) is 1.07. The third kappa shape index (κ3) is 2.45. The van der Waals surface area contributed by atoms with Gasteiger partial charge in [-0.2, -0.15) is 0 Å². The maximum Gasteiger partial charge on any atom is 1.00 e. The smallest absolute Gasteiger partial charge is 0.543 e. The number of halogens is 1. The van der Waals surface area contributed by atoms with Crippen molar-refractivity contribution in [3.8, 4) is 11.3 Å². The summed E-state index contributed by atoms with van der Waals surface area (Å²) in [5.74, 6) is -1.16. The summed E-state index contributed by atoms with van der Waals surface area (Å²) in [6, 6.07) is 4.54. The SMILES string of the molecule is O=C([O-])c1cc(-c2cccnc2Cl)on1.[Li+]. The normalized spacial score (nSPS) is 9.56. The van der Waals surface area contributed by atoms with Crippen molar-refractivity contribution in [1.82, 2.24) is 10.1 Å². The van der Waals surface area contributed by atoms with Gasteiger partial charge in [-0.25, -0.2) is 4.98 Å². The summed E-state index contributed by atoms with van der Waals surface area (Å²) in [7, 11) is 0. The Morgan fingerprint density at radius 3 is 2.81 bits per heavy atom. The van der Waals surface area contributed by atoms with E-state index in [9.17, 15) is 9.90 Å². The minimum Gasteiger partial charge on any atom is -0.543 e. The van der Waals surface area contributed by atoms with Crippen LogP contribution in [-0.4, -0.2) is 16.1 Å². The Morgan fingerprint density at radius 2 is 2.25 bits per heavy atom. The standard InChI is InChI=1S/C9H5ClN2O3.Li/c10-8-5(2-1-3-11-8)7-4-6(9(13)14)12-15-7;/h1-4H,(H,13,14);/q;+1/p-1. The second-order valence-electron chi connectivity index (χ2n) is 2.71. The van der Waals surface area contributed by atoms with Gasteiger partial charge in [0.2, 0.25) is 0 Å². The van der Waals surface area contributed by atoms with E-state index in [0.717, 1.165) is 0 Å². The summed E-state index contributed by atoms with van der Waals surface area (Å²) in [4.78, 5) is 14.3. The van der Waals surface area contributed by atoms with E-state index in [0.29, 0.717) is 5.56 Å². The van der Waals surface area contributed by atoms with E-state index in [1.165, 1.54) is 12.3 Å². The Labute approximate surface area is 108 Å². The quantitative estimate of drug-likeness (QED) is 0.430. The van der Waals surface area contributed by atoms with Gasteiger partial charge in [-0.1, -0.05) is 16.8 Å². The number of hydrogen-bond donors (Lipinski definition) is 0. The molecule has 0 spiro atoms. The Hall–Kier alpha value is -1.28. The Kier molecular flexibility index (Phi) is 4.13. The third-order valence-corrected chi connectivity index (χ3v) is 2.05. The van der Waals surface area contributed by atoms with Gasteiger partial charge in [-0.15, -0.1) is 0 Å². The molecule has 0 atom stereocenters. The van der Waals surface area contributed by atoms with E-state index in [4.69, 9.17) is 16.1 Å². The molecule has 16 heavy (non-hydrogen) atoms. The van der Waals surface area contributed by atoms with Crippen LogP contribution in [0.25, 0.3) is 11.3 Å². The molecule has 0 amide bonds. The molecule has 0 bridgehead atoms. The maximum atomic E-state index is 10.4. The average molecular weight is 231 g/mol. The van der Waals surface area contributed by atoms with E-state index < -0.39 is 5.97 Å². The van der Waals surface area contributed by atoms with Crippen LogP contribution >= 0.6 is 11.6 Å². The van der Waals surface area contributed by atoms with Gasteiger partial charge in [0.15, 0.2) is 5.76 Å². The number of carboxylic acid groups (broad SMARTS) is 1. The van der Waals surface area contributed by atoms with Crippen LogP contribution in [0.15, 0.2) is 28.9 Å². The van der Waals surface area contributed by atoms with Crippen molar-refractivity contribution in [3.05, 3.63) is 35.2 Å². The van der Waals surface area contributed by atoms with Crippen LogP contribution in [0.1, 0.15) is 10.5 Å². The van der Waals surface area contributed by atoms with E-state index in [2.05, 4.69) is 10.1 Å². The van der Waals surface area contributed by atoms with Crippen molar-refractivity contribution >= 4 is 17.6 Å². The molecular formula is C9H4ClLiN2O3. The first kappa shape index (κ1) is 12.8. The molecule has 2 aromatic rings. The van der Waals surface area contributed by atoms with E-state index in [1.807, 2.05) is 0 Å². The van der Waals surface area contributed by atoms with Crippen molar-refractivity contribution in [2.75, 3.05) is 0 Å². The largest absolute Gasteiger partial charge is 1.00 e. The molecule has 0 radical (unpaired) electrons. The second kappa shape index (κ2) is 5.17. The van der Waals surface area contributed by atoms with Crippen molar-refractivity contribution in [1.29, 1.82) is 0 Å². The first-order valence-corrected chi connectivity index (χ1v) is 4.35. The number of rotatable bonds is 2. The summed E-state index contributed by atoms with van der Waals surface area (Å²) in [5, 5.41) is 14.0. The molecule has 0 aromatic carbocycles. The molecule has 2 heterocycles. The van der Waals surface area contributed by atoms with Crippen LogP contribution in [0.3, 0.4) is 0 Å².